The molecular formula is C16H22O8. The Kier molecular flexibility index (Phi) is 7.60. The number of hydrogen-bond acceptors (Lipinski definition) is 8. The number of ether oxygens (including phenoxy) is 3. The van der Waals surface area contributed by atoms with Gasteiger partial charge in [0.25, 0.3) is 0 Å². The van der Waals surface area contributed by atoms with Gasteiger partial charge in [-0.15, -0.1) is 0 Å². The number of carbonyl (C=O) groups excluding carboxylic acids is 3. The number of rotatable bonds is 7. The fraction of sp³-hybridized carbons (Fsp3) is 0.562. The summed E-state index contributed by atoms with van der Waals surface area (Å²) in [6.07, 6.45) is 0.269. The van der Waals surface area contributed by atoms with E-state index in [0.29, 0.717) is 0 Å². The molecule has 0 aromatic rings. The van der Waals surface area contributed by atoms with E-state index in [1.807, 2.05) is 0 Å². The van der Waals surface area contributed by atoms with Crippen LogP contribution in [0.5, 0.6) is 0 Å². The first-order valence-electron chi connectivity index (χ1n) is 7.46. The highest BCUT2D eigenvalue weighted by molar-refractivity contribution is 5.82. The van der Waals surface area contributed by atoms with Crippen molar-refractivity contribution in [3.05, 3.63) is 24.3 Å². The zero-order valence-electron chi connectivity index (χ0n) is 13.7. The van der Waals surface area contributed by atoms with Gasteiger partial charge in [-0.2, -0.15) is 0 Å². The number of aliphatic hydroxyl groups is 2. The number of esters is 3. The Morgan fingerprint density at radius 3 is 2.42 bits per heavy atom. The quantitative estimate of drug-likeness (QED) is 0.377. The minimum absolute atomic E-state index is 0.273. The van der Waals surface area contributed by atoms with Gasteiger partial charge in [0.2, 0.25) is 0 Å². The number of hydrogen-bond donors (Lipinski definition) is 2. The van der Waals surface area contributed by atoms with E-state index in [4.69, 9.17) is 14.2 Å². The Balaban J connectivity index is 2.72. The number of carbonyl (C=O) groups is 3. The summed E-state index contributed by atoms with van der Waals surface area (Å²) in [5, 5.41) is 20.0. The molecule has 0 spiro atoms. The Bertz CT molecular complexity index is 524. The maximum Gasteiger partial charge on any atom is 0.330 e. The van der Waals surface area contributed by atoms with Gasteiger partial charge in [0.15, 0.2) is 6.10 Å². The molecule has 0 saturated heterocycles. The molecule has 0 bridgehead atoms. The van der Waals surface area contributed by atoms with E-state index >= 15 is 0 Å². The third-order valence-corrected chi connectivity index (χ3v) is 3.24. The molecule has 8 nitrogen and oxygen atoms in total. The lowest BCUT2D eigenvalue weighted by Gasteiger charge is -2.26. The minimum Gasteiger partial charge on any atom is -0.459 e. The summed E-state index contributed by atoms with van der Waals surface area (Å²) in [5.74, 6) is -1.73. The van der Waals surface area contributed by atoms with Crippen molar-refractivity contribution >= 4 is 17.9 Å². The Hall–Kier alpha value is -2.19. The van der Waals surface area contributed by atoms with Gasteiger partial charge >= 0.3 is 17.9 Å². The molecule has 0 amide bonds. The number of cyclic esters (lactones) is 1. The van der Waals surface area contributed by atoms with Crippen LogP contribution in [0.25, 0.3) is 0 Å². The van der Waals surface area contributed by atoms with Gasteiger partial charge in [-0.1, -0.05) is 12.2 Å². The van der Waals surface area contributed by atoms with E-state index in [2.05, 4.69) is 0 Å². The first-order valence-corrected chi connectivity index (χ1v) is 7.46. The van der Waals surface area contributed by atoms with Crippen molar-refractivity contribution < 1.29 is 38.8 Å². The van der Waals surface area contributed by atoms with E-state index in [0.717, 1.165) is 0 Å². The van der Waals surface area contributed by atoms with Gasteiger partial charge in [-0.05, 0) is 13.0 Å². The van der Waals surface area contributed by atoms with Gasteiger partial charge in [0.05, 0.1) is 0 Å². The Labute approximate surface area is 139 Å². The van der Waals surface area contributed by atoms with Crippen molar-refractivity contribution in [2.45, 2.75) is 57.7 Å². The molecule has 1 aliphatic heterocycles. The van der Waals surface area contributed by atoms with Crippen molar-refractivity contribution in [1.29, 1.82) is 0 Å². The highest BCUT2D eigenvalue weighted by Gasteiger charge is 2.29. The van der Waals surface area contributed by atoms with Crippen LogP contribution in [-0.4, -0.2) is 58.6 Å². The first-order chi connectivity index (χ1) is 11.2. The molecule has 1 rings (SSSR count). The van der Waals surface area contributed by atoms with Crippen molar-refractivity contribution in [3.63, 3.8) is 0 Å². The van der Waals surface area contributed by atoms with Gasteiger partial charge in [-0.3, -0.25) is 9.59 Å². The molecule has 0 unspecified atom stereocenters. The van der Waals surface area contributed by atoms with Crippen LogP contribution in [0.15, 0.2) is 24.3 Å². The second-order valence-electron chi connectivity index (χ2n) is 5.37. The molecule has 1 aliphatic rings. The molecule has 0 aliphatic carbocycles. The normalized spacial score (nSPS) is 22.4. The molecule has 134 valence electrons. The van der Waals surface area contributed by atoms with Gasteiger partial charge in [0.1, 0.15) is 24.4 Å². The third kappa shape index (κ3) is 6.51. The molecule has 8 heteroatoms. The van der Waals surface area contributed by atoms with E-state index in [-0.39, 0.29) is 6.42 Å². The third-order valence-electron chi connectivity index (χ3n) is 3.24. The maximum absolute atomic E-state index is 11.2. The highest BCUT2D eigenvalue weighted by atomic mass is 16.6. The monoisotopic (exact) mass is 342 g/mol. The van der Waals surface area contributed by atoms with E-state index < -0.39 is 48.4 Å². The van der Waals surface area contributed by atoms with E-state index in [9.17, 15) is 24.6 Å². The molecule has 0 fully saturated rings. The topological polar surface area (TPSA) is 119 Å². The standard InChI is InChI=1S/C16H22O8/c1-9(22-10(2)17)13(23-11(3)18)8-7-12(19)16(21)14-5-4-6-15(20)24-14/h4,6-9,12-14,16,19,21H,5H2,1-3H3/b8-7+/t9-,12+,13+,14-,16-/m1/s1. The first kappa shape index (κ1) is 19.9. The fourth-order valence-corrected chi connectivity index (χ4v) is 2.11. The second-order valence-corrected chi connectivity index (χ2v) is 5.37. The lowest BCUT2D eigenvalue weighted by molar-refractivity contribution is -0.160. The minimum atomic E-state index is -1.36. The van der Waals surface area contributed by atoms with Crippen molar-refractivity contribution in [1.82, 2.24) is 0 Å². The Morgan fingerprint density at radius 2 is 1.88 bits per heavy atom. The van der Waals surface area contributed by atoms with Crippen LogP contribution in [0.1, 0.15) is 27.2 Å². The lowest BCUT2D eigenvalue weighted by atomic mass is 10.0. The van der Waals surface area contributed by atoms with Crippen LogP contribution in [0.2, 0.25) is 0 Å². The van der Waals surface area contributed by atoms with E-state index in [1.165, 1.54) is 39.0 Å². The van der Waals surface area contributed by atoms with Crippen LogP contribution >= 0.6 is 0 Å². The molecule has 0 radical (unpaired) electrons. The second kappa shape index (κ2) is 9.19. The number of aliphatic hydroxyl groups excluding tert-OH is 2. The van der Waals surface area contributed by atoms with Crippen LogP contribution in [0, 0.1) is 0 Å². The average Bonchev–Trinajstić information content (AvgIpc) is 2.49. The van der Waals surface area contributed by atoms with Gasteiger partial charge in [0, 0.05) is 26.3 Å². The van der Waals surface area contributed by atoms with Crippen LogP contribution in [0.4, 0.5) is 0 Å². The Morgan fingerprint density at radius 1 is 1.25 bits per heavy atom. The molecule has 24 heavy (non-hydrogen) atoms. The average molecular weight is 342 g/mol. The molecular weight excluding hydrogens is 320 g/mol. The van der Waals surface area contributed by atoms with Crippen molar-refractivity contribution in [2.24, 2.45) is 0 Å². The zero-order chi connectivity index (χ0) is 18.3. The molecule has 0 aromatic carbocycles. The molecule has 0 aromatic heterocycles. The van der Waals surface area contributed by atoms with Crippen molar-refractivity contribution in [3.8, 4) is 0 Å². The molecule has 0 saturated carbocycles. The van der Waals surface area contributed by atoms with Crippen LogP contribution in [-0.2, 0) is 28.6 Å². The molecule has 5 atom stereocenters. The van der Waals surface area contributed by atoms with Gasteiger partial charge in [-0.25, -0.2) is 4.79 Å². The predicted octanol–water partition coefficient (Wildman–Crippen LogP) is 0.0194. The summed E-state index contributed by atoms with van der Waals surface area (Å²) >= 11 is 0. The summed E-state index contributed by atoms with van der Waals surface area (Å²) in [6, 6.07) is 0. The largest absolute Gasteiger partial charge is 0.459 e. The van der Waals surface area contributed by atoms with Crippen LogP contribution < -0.4 is 0 Å². The predicted molar refractivity (Wildman–Crippen MR) is 81.6 cm³/mol. The van der Waals surface area contributed by atoms with Crippen LogP contribution in [0.3, 0.4) is 0 Å². The SMILES string of the molecule is CC(=O)O[C@@H](/C=C/[C@H](O)[C@@H](O)[C@H]1CC=CC(=O)O1)[C@@H](C)OC(C)=O. The molecule has 2 N–H and O–H groups in total. The lowest BCUT2D eigenvalue weighted by Crippen LogP contribution is -2.40. The summed E-state index contributed by atoms with van der Waals surface area (Å²) in [4.78, 5) is 33.3. The summed E-state index contributed by atoms with van der Waals surface area (Å²) in [7, 11) is 0. The van der Waals surface area contributed by atoms with E-state index in [1.54, 1.807) is 6.08 Å². The van der Waals surface area contributed by atoms with Gasteiger partial charge < -0.3 is 24.4 Å². The van der Waals surface area contributed by atoms with Crippen molar-refractivity contribution in [2.75, 3.05) is 0 Å². The maximum atomic E-state index is 11.2. The summed E-state index contributed by atoms with van der Waals surface area (Å²) in [6.45, 7) is 3.94. The summed E-state index contributed by atoms with van der Waals surface area (Å²) < 4.78 is 14.9. The zero-order valence-corrected chi connectivity index (χ0v) is 13.7. The summed E-state index contributed by atoms with van der Waals surface area (Å²) in [5.41, 5.74) is 0. The smallest absolute Gasteiger partial charge is 0.330 e. The molecule has 1 heterocycles. The highest BCUT2D eigenvalue weighted by Crippen LogP contribution is 2.16. The fourth-order valence-electron chi connectivity index (χ4n) is 2.11.